The highest BCUT2D eigenvalue weighted by molar-refractivity contribution is 5.57. The van der Waals surface area contributed by atoms with Crippen molar-refractivity contribution in [2.45, 2.75) is 25.8 Å². The van der Waals surface area contributed by atoms with Gasteiger partial charge in [-0.3, -0.25) is 0 Å². The van der Waals surface area contributed by atoms with Crippen LogP contribution < -0.4 is 11.1 Å². The van der Waals surface area contributed by atoms with Gasteiger partial charge in [0.25, 0.3) is 0 Å². The molecule has 0 amide bonds. The zero-order valence-electron chi connectivity index (χ0n) is 8.22. The van der Waals surface area contributed by atoms with E-state index in [0.717, 1.165) is 13.0 Å². The Labute approximate surface area is 79.1 Å². The van der Waals surface area contributed by atoms with Crippen molar-refractivity contribution >= 4 is 5.69 Å². The highest BCUT2D eigenvalue weighted by Crippen LogP contribution is 2.33. The lowest BCUT2D eigenvalue weighted by molar-refractivity contribution is 0.454. The molecule has 13 heavy (non-hydrogen) atoms. The van der Waals surface area contributed by atoms with Crippen LogP contribution in [0.3, 0.4) is 0 Å². The standard InChI is InChI=1S/C11H16N2/c1-8-3-4-10-9(7-8)11(2,12)5-6-13-10/h3-4,7,13H,5-6,12H2,1-2H3. The monoisotopic (exact) mass is 176 g/mol. The summed E-state index contributed by atoms with van der Waals surface area (Å²) < 4.78 is 0. The predicted octanol–water partition coefficient (Wildman–Crippen LogP) is 1.98. The number of rotatable bonds is 0. The summed E-state index contributed by atoms with van der Waals surface area (Å²) in [6, 6.07) is 6.42. The Hall–Kier alpha value is -1.02. The van der Waals surface area contributed by atoms with E-state index < -0.39 is 0 Å². The minimum Gasteiger partial charge on any atom is -0.385 e. The molecule has 1 aliphatic heterocycles. The Morgan fingerprint density at radius 1 is 1.46 bits per heavy atom. The third kappa shape index (κ3) is 1.42. The number of hydrogen-bond acceptors (Lipinski definition) is 2. The fourth-order valence-corrected chi connectivity index (χ4v) is 1.88. The Balaban J connectivity index is 2.55. The molecule has 1 aromatic rings. The number of nitrogens with two attached hydrogens (primary N) is 1. The molecule has 0 spiro atoms. The van der Waals surface area contributed by atoms with Crippen LogP contribution in [0.15, 0.2) is 18.2 Å². The van der Waals surface area contributed by atoms with E-state index in [1.807, 2.05) is 0 Å². The number of anilines is 1. The highest BCUT2D eigenvalue weighted by Gasteiger charge is 2.27. The fourth-order valence-electron chi connectivity index (χ4n) is 1.88. The van der Waals surface area contributed by atoms with Crippen molar-refractivity contribution in [1.82, 2.24) is 0 Å². The molecule has 2 rings (SSSR count). The van der Waals surface area contributed by atoms with Gasteiger partial charge >= 0.3 is 0 Å². The fraction of sp³-hybridized carbons (Fsp3) is 0.455. The van der Waals surface area contributed by atoms with Crippen LogP contribution in [0, 0.1) is 6.92 Å². The van der Waals surface area contributed by atoms with Crippen molar-refractivity contribution in [3.05, 3.63) is 29.3 Å². The van der Waals surface area contributed by atoms with Crippen LogP contribution in [0.4, 0.5) is 5.69 Å². The third-order valence-corrected chi connectivity index (χ3v) is 2.75. The zero-order valence-corrected chi connectivity index (χ0v) is 8.22. The average molecular weight is 176 g/mol. The van der Waals surface area contributed by atoms with Crippen LogP contribution in [-0.2, 0) is 5.54 Å². The molecular formula is C11H16N2. The van der Waals surface area contributed by atoms with E-state index in [9.17, 15) is 0 Å². The lowest BCUT2D eigenvalue weighted by Crippen LogP contribution is -2.39. The molecule has 1 heterocycles. The molecule has 0 aromatic heterocycles. The van der Waals surface area contributed by atoms with Gasteiger partial charge in [0.1, 0.15) is 0 Å². The van der Waals surface area contributed by atoms with Gasteiger partial charge in [-0.05, 0) is 31.9 Å². The van der Waals surface area contributed by atoms with Gasteiger partial charge in [0, 0.05) is 17.8 Å². The molecular weight excluding hydrogens is 160 g/mol. The van der Waals surface area contributed by atoms with Crippen LogP contribution >= 0.6 is 0 Å². The smallest absolute Gasteiger partial charge is 0.0418 e. The summed E-state index contributed by atoms with van der Waals surface area (Å²) in [6.45, 7) is 5.18. The molecule has 0 aliphatic carbocycles. The summed E-state index contributed by atoms with van der Waals surface area (Å²) in [4.78, 5) is 0. The van der Waals surface area contributed by atoms with Gasteiger partial charge in [-0.15, -0.1) is 0 Å². The zero-order chi connectivity index (χ0) is 9.47. The van der Waals surface area contributed by atoms with E-state index >= 15 is 0 Å². The summed E-state index contributed by atoms with van der Waals surface area (Å²) >= 11 is 0. The first-order chi connectivity index (χ1) is 6.09. The number of nitrogens with one attached hydrogen (secondary N) is 1. The molecule has 70 valence electrons. The van der Waals surface area contributed by atoms with E-state index in [0.29, 0.717) is 0 Å². The van der Waals surface area contributed by atoms with Crippen molar-refractivity contribution in [2.75, 3.05) is 11.9 Å². The summed E-state index contributed by atoms with van der Waals surface area (Å²) in [5.74, 6) is 0. The largest absolute Gasteiger partial charge is 0.385 e. The molecule has 1 aromatic carbocycles. The summed E-state index contributed by atoms with van der Waals surface area (Å²) in [5.41, 5.74) is 9.78. The number of fused-ring (bicyclic) bond motifs is 1. The lowest BCUT2D eigenvalue weighted by atomic mass is 9.85. The molecule has 0 saturated heterocycles. The highest BCUT2D eigenvalue weighted by atomic mass is 14.9. The summed E-state index contributed by atoms with van der Waals surface area (Å²) in [6.07, 6.45) is 1.00. The second kappa shape index (κ2) is 2.74. The van der Waals surface area contributed by atoms with Gasteiger partial charge in [-0.25, -0.2) is 0 Å². The summed E-state index contributed by atoms with van der Waals surface area (Å²) in [7, 11) is 0. The summed E-state index contributed by atoms with van der Waals surface area (Å²) in [5, 5.41) is 3.37. The van der Waals surface area contributed by atoms with Crippen molar-refractivity contribution in [3.63, 3.8) is 0 Å². The maximum atomic E-state index is 6.22. The molecule has 2 heteroatoms. The second-order valence-electron chi connectivity index (χ2n) is 4.14. The topological polar surface area (TPSA) is 38.0 Å². The molecule has 0 saturated carbocycles. The van der Waals surface area contributed by atoms with Crippen molar-refractivity contribution in [1.29, 1.82) is 0 Å². The van der Waals surface area contributed by atoms with Gasteiger partial charge in [-0.1, -0.05) is 17.7 Å². The Kier molecular flexibility index (Phi) is 1.81. The van der Waals surface area contributed by atoms with Crippen LogP contribution in [0.2, 0.25) is 0 Å². The molecule has 2 nitrogen and oxygen atoms in total. The Morgan fingerprint density at radius 2 is 2.23 bits per heavy atom. The molecule has 0 radical (unpaired) electrons. The quantitative estimate of drug-likeness (QED) is 0.634. The minimum absolute atomic E-state index is 0.160. The molecule has 1 aliphatic rings. The molecule has 1 atom stereocenters. The first-order valence-corrected chi connectivity index (χ1v) is 4.73. The maximum absolute atomic E-state index is 6.22. The normalized spacial score (nSPS) is 26.4. The number of aryl methyl sites for hydroxylation is 1. The SMILES string of the molecule is Cc1ccc2c(c1)C(C)(N)CCN2. The molecule has 1 unspecified atom stereocenters. The van der Waals surface area contributed by atoms with Gasteiger partial charge in [0.05, 0.1) is 0 Å². The van der Waals surface area contributed by atoms with Crippen molar-refractivity contribution in [3.8, 4) is 0 Å². The van der Waals surface area contributed by atoms with Crippen LogP contribution in [0.25, 0.3) is 0 Å². The number of hydrogen-bond donors (Lipinski definition) is 2. The van der Waals surface area contributed by atoms with E-state index in [1.54, 1.807) is 0 Å². The van der Waals surface area contributed by atoms with Gasteiger partial charge in [0.15, 0.2) is 0 Å². The maximum Gasteiger partial charge on any atom is 0.0418 e. The minimum atomic E-state index is -0.160. The van der Waals surface area contributed by atoms with Crippen LogP contribution in [-0.4, -0.2) is 6.54 Å². The Morgan fingerprint density at radius 3 is 3.00 bits per heavy atom. The lowest BCUT2D eigenvalue weighted by Gasteiger charge is -2.33. The van der Waals surface area contributed by atoms with E-state index in [4.69, 9.17) is 5.73 Å². The third-order valence-electron chi connectivity index (χ3n) is 2.75. The van der Waals surface area contributed by atoms with Crippen molar-refractivity contribution in [2.24, 2.45) is 5.73 Å². The van der Waals surface area contributed by atoms with Gasteiger partial charge in [0.2, 0.25) is 0 Å². The molecule has 3 N–H and O–H groups in total. The van der Waals surface area contributed by atoms with Crippen LogP contribution in [0.5, 0.6) is 0 Å². The van der Waals surface area contributed by atoms with E-state index in [2.05, 4.69) is 37.4 Å². The van der Waals surface area contributed by atoms with Crippen LogP contribution in [0.1, 0.15) is 24.5 Å². The first-order valence-electron chi connectivity index (χ1n) is 4.73. The van der Waals surface area contributed by atoms with Crippen molar-refractivity contribution < 1.29 is 0 Å². The predicted molar refractivity (Wildman–Crippen MR) is 55.8 cm³/mol. The van der Waals surface area contributed by atoms with Gasteiger partial charge < -0.3 is 11.1 Å². The molecule has 0 fully saturated rings. The Bertz CT molecular complexity index is 329. The van der Waals surface area contributed by atoms with Gasteiger partial charge in [-0.2, -0.15) is 0 Å². The second-order valence-corrected chi connectivity index (χ2v) is 4.14. The van der Waals surface area contributed by atoms with E-state index in [-0.39, 0.29) is 5.54 Å². The van der Waals surface area contributed by atoms with E-state index in [1.165, 1.54) is 16.8 Å². The first kappa shape index (κ1) is 8.57. The molecule has 0 bridgehead atoms. The number of benzene rings is 1. The average Bonchev–Trinajstić information content (AvgIpc) is 2.06.